The molecule has 3 rings (SSSR count). The predicted octanol–water partition coefficient (Wildman–Crippen LogP) is 2.95. The summed E-state index contributed by atoms with van der Waals surface area (Å²) < 4.78 is 0. The topological polar surface area (TPSA) is 92.7 Å². The van der Waals surface area contributed by atoms with Crippen LogP contribution in [0.1, 0.15) is 22.8 Å². The second kappa shape index (κ2) is 5.26. The number of aromatic nitrogens is 2. The van der Waals surface area contributed by atoms with Gasteiger partial charge in [-0.15, -0.1) is 0 Å². The number of rotatable bonds is 2. The van der Waals surface area contributed by atoms with Crippen molar-refractivity contribution in [1.29, 1.82) is 5.26 Å². The lowest BCUT2D eigenvalue weighted by Gasteiger charge is -2.08. The lowest BCUT2D eigenvalue weighted by atomic mass is 10.0. The van der Waals surface area contributed by atoms with Crippen LogP contribution in [0.4, 0.5) is 5.82 Å². The Hall–Kier alpha value is -3.26. The molecule has 0 amide bonds. The number of anilines is 1. The van der Waals surface area contributed by atoms with Crippen LogP contribution in [0.3, 0.4) is 0 Å². The lowest BCUT2D eigenvalue weighted by Crippen LogP contribution is -2.01. The summed E-state index contributed by atoms with van der Waals surface area (Å²) in [6.45, 7) is 1.48. The number of Topliss-reactive ketones (excluding diaryl/α,β-unsaturated/α-hetero) is 1. The van der Waals surface area contributed by atoms with Crippen LogP contribution in [0.2, 0.25) is 0 Å². The lowest BCUT2D eigenvalue weighted by molar-refractivity contribution is 0.101. The number of benzene rings is 1. The van der Waals surface area contributed by atoms with Crippen LogP contribution < -0.4 is 5.73 Å². The molecule has 2 aromatic heterocycles. The van der Waals surface area contributed by atoms with E-state index in [9.17, 15) is 4.79 Å². The number of nitrogen functional groups attached to an aromatic ring is 1. The van der Waals surface area contributed by atoms with Crippen molar-refractivity contribution in [1.82, 2.24) is 9.97 Å². The zero-order valence-corrected chi connectivity index (χ0v) is 11.9. The Kier molecular flexibility index (Phi) is 3.28. The number of ketones is 1. The largest absolute Gasteiger partial charge is 0.382 e. The van der Waals surface area contributed by atoms with Crippen molar-refractivity contribution in [2.24, 2.45) is 0 Å². The van der Waals surface area contributed by atoms with Gasteiger partial charge in [0.05, 0.1) is 17.3 Å². The fraction of sp³-hybridized carbons (Fsp3) is 0.0588. The fourth-order valence-electron chi connectivity index (χ4n) is 2.33. The SMILES string of the molecule is CC(=O)c1cnc(N)c2nc(-c3cccc(C#N)c3)ccc12. The first-order valence-corrected chi connectivity index (χ1v) is 6.67. The highest BCUT2D eigenvalue weighted by Crippen LogP contribution is 2.26. The Bertz CT molecular complexity index is 941. The van der Waals surface area contributed by atoms with Gasteiger partial charge in [-0.1, -0.05) is 12.1 Å². The van der Waals surface area contributed by atoms with Crippen molar-refractivity contribution in [3.05, 3.63) is 53.7 Å². The van der Waals surface area contributed by atoms with E-state index in [1.807, 2.05) is 18.2 Å². The third kappa shape index (κ3) is 2.27. The molecule has 5 nitrogen and oxygen atoms in total. The molecule has 0 aliphatic carbocycles. The monoisotopic (exact) mass is 288 g/mol. The van der Waals surface area contributed by atoms with E-state index in [-0.39, 0.29) is 11.6 Å². The molecule has 3 aromatic rings. The molecule has 2 heterocycles. The minimum atomic E-state index is -0.0847. The Morgan fingerprint density at radius 2 is 2.09 bits per heavy atom. The molecule has 0 atom stereocenters. The smallest absolute Gasteiger partial charge is 0.162 e. The first-order chi connectivity index (χ1) is 10.6. The van der Waals surface area contributed by atoms with Gasteiger partial charge in [0.2, 0.25) is 0 Å². The summed E-state index contributed by atoms with van der Waals surface area (Å²) in [5.41, 5.74) is 8.93. The molecule has 0 saturated carbocycles. The second-order valence-electron chi connectivity index (χ2n) is 4.90. The van der Waals surface area contributed by atoms with E-state index in [1.54, 1.807) is 18.2 Å². The molecule has 0 bridgehead atoms. The van der Waals surface area contributed by atoms with Crippen LogP contribution in [0.5, 0.6) is 0 Å². The number of carbonyl (C=O) groups is 1. The van der Waals surface area contributed by atoms with Crippen LogP contribution in [0, 0.1) is 11.3 Å². The molecular formula is C17H12N4O. The van der Waals surface area contributed by atoms with E-state index in [2.05, 4.69) is 16.0 Å². The van der Waals surface area contributed by atoms with Crippen LogP contribution in [-0.2, 0) is 0 Å². The molecule has 1 aromatic carbocycles. The van der Waals surface area contributed by atoms with E-state index in [0.29, 0.717) is 27.7 Å². The van der Waals surface area contributed by atoms with Gasteiger partial charge < -0.3 is 5.73 Å². The quantitative estimate of drug-likeness (QED) is 0.732. The highest BCUT2D eigenvalue weighted by Gasteiger charge is 2.12. The minimum Gasteiger partial charge on any atom is -0.382 e. The summed E-state index contributed by atoms with van der Waals surface area (Å²) in [4.78, 5) is 20.2. The molecule has 0 aliphatic rings. The molecule has 106 valence electrons. The van der Waals surface area contributed by atoms with Gasteiger partial charge in [0, 0.05) is 22.7 Å². The van der Waals surface area contributed by atoms with E-state index < -0.39 is 0 Å². The molecule has 0 spiro atoms. The normalized spacial score (nSPS) is 10.4. The number of nitrogens with two attached hydrogens (primary N) is 1. The molecule has 2 N–H and O–H groups in total. The van der Waals surface area contributed by atoms with Gasteiger partial charge in [0.25, 0.3) is 0 Å². The predicted molar refractivity (Wildman–Crippen MR) is 84.1 cm³/mol. The number of fused-ring (bicyclic) bond motifs is 1. The maximum absolute atomic E-state index is 11.7. The standard InChI is InChI=1S/C17H12N4O/c1-10(22)14-9-20-17(19)16-13(14)5-6-15(21-16)12-4-2-3-11(7-12)8-18/h2-7,9H,1H3,(H2,19,20). The fourth-order valence-corrected chi connectivity index (χ4v) is 2.33. The Labute approximate surface area is 127 Å². The maximum atomic E-state index is 11.7. The molecule has 0 aliphatic heterocycles. The van der Waals surface area contributed by atoms with Crippen LogP contribution in [0.15, 0.2) is 42.6 Å². The summed E-state index contributed by atoms with van der Waals surface area (Å²) in [5, 5.41) is 9.67. The van der Waals surface area contributed by atoms with Gasteiger partial charge in [-0.3, -0.25) is 4.79 Å². The van der Waals surface area contributed by atoms with Crippen molar-refractivity contribution < 1.29 is 4.79 Å². The zero-order chi connectivity index (χ0) is 15.7. The number of carbonyl (C=O) groups excluding carboxylic acids is 1. The van der Waals surface area contributed by atoms with Crippen molar-refractivity contribution in [2.75, 3.05) is 5.73 Å². The number of nitrogens with zero attached hydrogens (tertiary/aromatic N) is 3. The summed E-state index contributed by atoms with van der Waals surface area (Å²) >= 11 is 0. The molecule has 0 fully saturated rings. The Morgan fingerprint density at radius 1 is 1.27 bits per heavy atom. The highest BCUT2D eigenvalue weighted by molar-refractivity contribution is 6.08. The van der Waals surface area contributed by atoms with Gasteiger partial charge in [0.15, 0.2) is 5.78 Å². The molecule has 0 saturated heterocycles. The van der Waals surface area contributed by atoms with Gasteiger partial charge >= 0.3 is 0 Å². The Balaban J connectivity index is 2.24. The number of pyridine rings is 2. The number of hydrogen-bond donors (Lipinski definition) is 1. The molecule has 0 radical (unpaired) electrons. The Morgan fingerprint density at radius 3 is 2.82 bits per heavy atom. The van der Waals surface area contributed by atoms with Crippen molar-refractivity contribution in [3.63, 3.8) is 0 Å². The van der Waals surface area contributed by atoms with Gasteiger partial charge in [0.1, 0.15) is 11.3 Å². The average molecular weight is 288 g/mol. The van der Waals surface area contributed by atoms with Crippen molar-refractivity contribution in [3.8, 4) is 17.3 Å². The van der Waals surface area contributed by atoms with E-state index in [0.717, 1.165) is 5.56 Å². The molecule has 22 heavy (non-hydrogen) atoms. The third-order valence-electron chi connectivity index (χ3n) is 3.43. The van der Waals surface area contributed by atoms with Crippen LogP contribution in [-0.4, -0.2) is 15.8 Å². The van der Waals surface area contributed by atoms with Crippen LogP contribution >= 0.6 is 0 Å². The molecular weight excluding hydrogens is 276 g/mol. The third-order valence-corrected chi connectivity index (χ3v) is 3.43. The summed E-state index contributed by atoms with van der Waals surface area (Å²) in [7, 11) is 0. The van der Waals surface area contributed by atoms with Crippen molar-refractivity contribution >= 4 is 22.5 Å². The second-order valence-corrected chi connectivity index (χ2v) is 4.90. The van der Waals surface area contributed by atoms with Crippen molar-refractivity contribution in [2.45, 2.75) is 6.92 Å². The maximum Gasteiger partial charge on any atom is 0.162 e. The van der Waals surface area contributed by atoms with Crippen LogP contribution in [0.25, 0.3) is 22.2 Å². The molecule has 0 unspecified atom stereocenters. The van der Waals surface area contributed by atoms with Gasteiger partial charge in [-0.05, 0) is 31.2 Å². The van der Waals surface area contributed by atoms with Gasteiger partial charge in [-0.2, -0.15) is 5.26 Å². The highest BCUT2D eigenvalue weighted by atomic mass is 16.1. The molecule has 5 heteroatoms. The van der Waals surface area contributed by atoms with E-state index in [1.165, 1.54) is 13.1 Å². The average Bonchev–Trinajstić information content (AvgIpc) is 2.54. The van der Waals surface area contributed by atoms with E-state index in [4.69, 9.17) is 11.0 Å². The summed E-state index contributed by atoms with van der Waals surface area (Å²) in [6, 6.07) is 12.9. The first-order valence-electron chi connectivity index (χ1n) is 6.67. The van der Waals surface area contributed by atoms with Gasteiger partial charge in [-0.25, -0.2) is 9.97 Å². The first kappa shape index (κ1) is 13.7. The number of nitriles is 1. The minimum absolute atomic E-state index is 0.0847. The van der Waals surface area contributed by atoms with E-state index >= 15 is 0 Å². The summed E-state index contributed by atoms with van der Waals surface area (Å²) in [5.74, 6) is 0.191. The zero-order valence-electron chi connectivity index (χ0n) is 11.9. The number of hydrogen-bond acceptors (Lipinski definition) is 5. The summed E-state index contributed by atoms with van der Waals surface area (Å²) in [6.07, 6.45) is 1.47.